The Hall–Kier alpha value is -2.37. The minimum atomic E-state index is -2.40. The molecule has 2 aromatic rings. The van der Waals surface area contributed by atoms with Crippen molar-refractivity contribution in [2.24, 2.45) is 5.92 Å². The molecule has 0 radical (unpaired) electrons. The Balaban J connectivity index is 1.64. The number of halogens is 5. The lowest BCUT2D eigenvalue weighted by molar-refractivity contribution is 0.106. The van der Waals surface area contributed by atoms with Gasteiger partial charge < -0.3 is 4.74 Å². The van der Waals surface area contributed by atoms with Crippen molar-refractivity contribution in [3.05, 3.63) is 76.6 Å². The number of ether oxygens (including phenoxy) is 1. The molecule has 2 aromatic carbocycles. The van der Waals surface area contributed by atoms with Gasteiger partial charge in [-0.15, -0.1) is 0 Å². The summed E-state index contributed by atoms with van der Waals surface area (Å²) in [7, 11) is 0. The Morgan fingerprint density at radius 2 is 1.73 bits per heavy atom. The van der Waals surface area contributed by atoms with E-state index in [4.69, 9.17) is 4.74 Å². The summed E-state index contributed by atoms with van der Waals surface area (Å²) in [6.45, 7) is 3.13. The van der Waals surface area contributed by atoms with Crippen molar-refractivity contribution < 1.29 is 26.7 Å². The normalized spacial score (nSPS) is 20.7. The molecule has 1 nitrogen and oxygen atoms in total. The summed E-state index contributed by atoms with van der Waals surface area (Å²) in [5.74, 6) is -2.58. The Bertz CT molecular complexity index is 950. The van der Waals surface area contributed by atoms with E-state index in [0.29, 0.717) is 17.9 Å². The summed E-state index contributed by atoms with van der Waals surface area (Å²) in [4.78, 5) is 0. The van der Waals surface area contributed by atoms with Crippen molar-refractivity contribution in [3.8, 4) is 5.75 Å². The van der Waals surface area contributed by atoms with Gasteiger partial charge in [0.1, 0.15) is 18.2 Å². The minimum absolute atomic E-state index is 0.0534. The fourth-order valence-electron chi connectivity index (χ4n) is 4.55. The summed E-state index contributed by atoms with van der Waals surface area (Å²) >= 11 is 0. The van der Waals surface area contributed by atoms with Gasteiger partial charge in [-0.2, -0.15) is 0 Å². The topological polar surface area (TPSA) is 9.23 Å². The van der Waals surface area contributed by atoms with Gasteiger partial charge in [-0.05, 0) is 68.1 Å². The van der Waals surface area contributed by atoms with Crippen LogP contribution in [-0.4, -0.2) is 12.8 Å². The number of aryl methyl sites for hydroxylation is 1. The number of hydrogen-bond acceptors (Lipinski definition) is 1. The van der Waals surface area contributed by atoms with Crippen LogP contribution in [0.5, 0.6) is 5.75 Å². The molecule has 180 valence electrons. The SMILES string of the molecule is CC=CC1CCC(c2ccc(C(F)C(F)COc3ccc(CCC)c(F)c3)c(F)c2F)CC1. The number of allylic oxidation sites excluding steroid dienone is 2. The maximum Gasteiger partial charge on any atom is 0.169 e. The maximum absolute atomic E-state index is 14.8. The highest BCUT2D eigenvalue weighted by Crippen LogP contribution is 2.39. The second-order valence-corrected chi connectivity index (χ2v) is 8.74. The van der Waals surface area contributed by atoms with Crippen LogP contribution in [0.1, 0.15) is 74.7 Å². The Labute approximate surface area is 192 Å². The van der Waals surface area contributed by atoms with Gasteiger partial charge in [-0.3, -0.25) is 0 Å². The smallest absolute Gasteiger partial charge is 0.169 e. The predicted octanol–water partition coefficient (Wildman–Crippen LogP) is 8.33. The second kappa shape index (κ2) is 11.7. The summed E-state index contributed by atoms with van der Waals surface area (Å²) in [5.41, 5.74) is 0.0640. The van der Waals surface area contributed by atoms with Crippen molar-refractivity contribution in [2.75, 3.05) is 6.61 Å². The molecule has 0 bridgehead atoms. The highest BCUT2D eigenvalue weighted by atomic mass is 19.2. The van der Waals surface area contributed by atoms with Crippen LogP contribution in [0.4, 0.5) is 22.0 Å². The van der Waals surface area contributed by atoms with E-state index < -0.39 is 42.0 Å². The Morgan fingerprint density at radius 1 is 1.00 bits per heavy atom. The van der Waals surface area contributed by atoms with Crippen LogP contribution >= 0.6 is 0 Å². The van der Waals surface area contributed by atoms with Crippen molar-refractivity contribution in [2.45, 2.75) is 70.6 Å². The first-order valence-electron chi connectivity index (χ1n) is 11.7. The first kappa shape index (κ1) is 25.3. The van der Waals surface area contributed by atoms with Crippen molar-refractivity contribution in [3.63, 3.8) is 0 Å². The van der Waals surface area contributed by atoms with Gasteiger partial charge in [0, 0.05) is 11.6 Å². The fourth-order valence-corrected chi connectivity index (χ4v) is 4.55. The van der Waals surface area contributed by atoms with E-state index in [0.717, 1.165) is 44.2 Å². The van der Waals surface area contributed by atoms with Crippen LogP contribution in [0.15, 0.2) is 42.5 Å². The van der Waals surface area contributed by atoms with E-state index in [2.05, 4.69) is 6.08 Å². The van der Waals surface area contributed by atoms with E-state index in [1.165, 1.54) is 18.2 Å². The van der Waals surface area contributed by atoms with Crippen molar-refractivity contribution >= 4 is 0 Å². The predicted molar refractivity (Wildman–Crippen MR) is 121 cm³/mol. The highest BCUT2D eigenvalue weighted by Gasteiger charge is 2.31. The van der Waals surface area contributed by atoms with Gasteiger partial charge in [0.15, 0.2) is 24.0 Å². The molecule has 1 saturated carbocycles. The van der Waals surface area contributed by atoms with Crippen molar-refractivity contribution in [1.82, 2.24) is 0 Å². The van der Waals surface area contributed by atoms with Crippen LogP contribution in [0.2, 0.25) is 0 Å². The lowest BCUT2D eigenvalue weighted by Gasteiger charge is -2.28. The van der Waals surface area contributed by atoms with E-state index in [9.17, 15) is 22.0 Å². The molecule has 0 aromatic heterocycles. The molecule has 1 aliphatic carbocycles. The highest BCUT2D eigenvalue weighted by molar-refractivity contribution is 5.32. The number of alkyl halides is 2. The first-order chi connectivity index (χ1) is 15.8. The van der Waals surface area contributed by atoms with Gasteiger partial charge in [-0.25, -0.2) is 22.0 Å². The third-order valence-electron chi connectivity index (χ3n) is 6.39. The van der Waals surface area contributed by atoms with E-state index in [1.54, 1.807) is 0 Å². The molecule has 1 aliphatic rings. The maximum atomic E-state index is 14.8. The number of benzene rings is 2. The van der Waals surface area contributed by atoms with Crippen LogP contribution in [-0.2, 0) is 6.42 Å². The number of rotatable bonds is 9. The average Bonchev–Trinajstić information content (AvgIpc) is 2.81. The quantitative estimate of drug-likeness (QED) is 0.267. The lowest BCUT2D eigenvalue weighted by Crippen LogP contribution is -2.21. The van der Waals surface area contributed by atoms with E-state index >= 15 is 0 Å². The van der Waals surface area contributed by atoms with Crippen LogP contribution in [0.3, 0.4) is 0 Å². The lowest BCUT2D eigenvalue weighted by atomic mass is 9.78. The minimum Gasteiger partial charge on any atom is -0.490 e. The van der Waals surface area contributed by atoms with E-state index in [-0.39, 0.29) is 17.2 Å². The molecule has 0 heterocycles. The molecule has 0 saturated heterocycles. The van der Waals surface area contributed by atoms with Crippen LogP contribution in [0.25, 0.3) is 0 Å². The van der Waals surface area contributed by atoms with Gasteiger partial charge in [0.25, 0.3) is 0 Å². The third kappa shape index (κ3) is 6.15. The third-order valence-corrected chi connectivity index (χ3v) is 6.39. The largest absolute Gasteiger partial charge is 0.490 e. The van der Waals surface area contributed by atoms with Gasteiger partial charge in [0.05, 0.1) is 0 Å². The molecule has 0 spiro atoms. The molecule has 6 heteroatoms. The van der Waals surface area contributed by atoms with Crippen LogP contribution < -0.4 is 4.74 Å². The van der Waals surface area contributed by atoms with Gasteiger partial charge in [0.2, 0.25) is 0 Å². The standard InChI is InChI=1S/C27H31F5O/c1-3-5-17-7-9-18(10-8-17)21-13-14-22(27(32)26(21)31)25(30)24(29)16-33-20-12-11-19(6-4-2)23(28)15-20/h3,5,11-15,17-18,24-25H,4,6-10,16H2,1-2H3. The molecule has 2 atom stereocenters. The zero-order valence-electron chi connectivity index (χ0n) is 19.1. The summed E-state index contributed by atoms with van der Waals surface area (Å²) in [5, 5.41) is 0. The molecule has 1 fully saturated rings. The monoisotopic (exact) mass is 466 g/mol. The molecule has 0 amide bonds. The molecular formula is C27H31F5O. The first-order valence-corrected chi connectivity index (χ1v) is 11.7. The van der Waals surface area contributed by atoms with Gasteiger partial charge in [-0.1, -0.05) is 43.7 Å². The van der Waals surface area contributed by atoms with Gasteiger partial charge >= 0.3 is 0 Å². The number of hydrogen-bond donors (Lipinski definition) is 0. The molecule has 0 N–H and O–H groups in total. The zero-order chi connectivity index (χ0) is 24.0. The molecular weight excluding hydrogens is 435 g/mol. The molecule has 3 rings (SSSR count). The fraction of sp³-hybridized carbons (Fsp3) is 0.481. The summed E-state index contributed by atoms with van der Waals surface area (Å²) in [6, 6.07) is 6.63. The summed E-state index contributed by atoms with van der Waals surface area (Å²) < 4.78 is 77.7. The average molecular weight is 467 g/mol. The Morgan fingerprint density at radius 3 is 2.36 bits per heavy atom. The Kier molecular flexibility index (Phi) is 8.93. The second-order valence-electron chi connectivity index (χ2n) is 8.74. The summed E-state index contributed by atoms with van der Waals surface area (Å²) in [6.07, 6.45) is 4.02. The molecule has 2 unspecified atom stereocenters. The molecule has 0 aliphatic heterocycles. The van der Waals surface area contributed by atoms with E-state index in [1.807, 2.05) is 19.9 Å². The van der Waals surface area contributed by atoms with Crippen molar-refractivity contribution in [1.29, 1.82) is 0 Å². The van der Waals surface area contributed by atoms with Crippen LogP contribution in [0, 0.1) is 23.4 Å². The molecule has 33 heavy (non-hydrogen) atoms. The zero-order valence-corrected chi connectivity index (χ0v) is 19.1.